The van der Waals surface area contributed by atoms with Crippen LogP contribution < -0.4 is 0 Å². The van der Waals surface area contributed by atoms with Crippen LogP contribution in [0.15, 0.2) is 10.5 Å². The summed E-state index contributed by atoms with van der Waals surface area (Å²) in [6.07, 6.45) is 2.29. The van der Waals surface area contributed by atoms with Crippen molar-refractivity contribution in [2.75, 3.05) is 0 Å². The van der Waals surface area contributed by atoms with E-state index in [1.165, 1.54) is 9.75 Å². The Kier molecular flexibility index (Phi) is 2.43. The van der Waals surface area contributed by atoms with Crippen molar-refractivity contribution in [3.05, 3.63) is 20.3 Å². The summed E-state index contributed by atoms with van der Waals surface area (Å²) in [4.78, 5) is 13.2. The van der Waals surface area contributed by atoms with Gasteiger partial charge in [0.05, 0.1) is 6.42 Å². The zero-order valence-electron chi connectivity index (χ0n) is 7.84. The Morgan fingerprint density at radius 1 is 1.71 bits per heavy atom. The largest absolute Gasteiger partial charge is 0.481 e. The minimum absolute atomic E-state index is 0.0520. The first kappa shape index (κ1) is 10.2. The van der Waals surface area contributed by atoms with Gasteiger partial charge in [0, 0.05) is 19.6 Å². The summed E-state index contributed by atoms with van der Waals surface area (Å²) in [5, 5.41) is 8.84. The van der Waals surface area contributed by atoms with Gasteiger partial charge in [0.15, 0.2) is 0 Å². The summed E-state index contributed by atoms with van der Waals surface area (Å²) in [5.74, 6) is -0.694. The number of carboxylic acids is 1. The van der Waals surface area contributed by atoms with Crippen molar-refractivity contribution in [2.45, 2.75) is 31.6 Å². The number of hydrogen-bond acceptors (Lipinski definition) is 2. The molecule has 76 valence electrons. The fourth-order valence-electron chi connectivity index (χ4n) is 1.77. The molecule has 0 amide bonds. The van der Waals surface area contributed by atoms with E-state index in [1.807, 2.05) is 0 Å². The molecule has 2 nitrogen and oxygen atoms in total. The molecule has 0 saturated heterocycles. The molecular weight excluding hydrogens is 264 g/mol. The van der Waals surface area contributed by atoms with E-state index in [-0.39, 0.29) is 11.8 Å². The molecule has 0 aromatic carbocycles. The third kappa shape index (κ3) is 1.73. The van der Waals surface area contributed by atoms with E-state index in [0.717, 1.165) is 17.3 Å². The van der Waals surface area contributed by atoms with E-state index >= 15 is 0 Å². The first-order valence-corrected chi connectivity index (χ1v) is 6.13. The minimum atomic E-state index is -0.694. The van der Waals surface area contributed by atoms with Gasteiger partial charge in [-0.3, -0.25) is 4.79 Å². The van der Waals surface area contributed by atoms with Gasteiger partial charge < -0.3 is 5.11 Å². The highest BCUT2D eigenvalue weighted by Gasteiger charge is 2.48. The third-order valence-corrected chi connectivity index (χ3v) is 4.82. The lowest BCUT2D eigenvalue weighted by atomic mass is 10.0. The van der Waals surface area contributed by atoms with Crippen LogP contribution in [0.5, 0.6) is 0 Å². The standard InChI is InChI=1S/C10H11BrO2S/c1-6-4-7(11)9(14-6)10(2-3-10)5-8(12)13/h4H,2-3,5H2,1H3,(H,12,13). The molecule has 1 N–H and O–H groups in total. The second-order valence-corrected chi connectivity index (χ2v) is 6.00. The topological polar surface area (TPSA) is 37.3 Å². The number of carboxylic acid groups (broad SMARTS) is 1. The number of rotatable bonds is 3. The SMILES string of the molecule is Cc1cc(Br)c(C2(CC(=O)O)CC2)s1. The van der Waals surface area contributed by atoms with Crippen LogP contribution in [0.1, 0.15) is 29.0 Å². The Labute approximate surface area is 95.1 Å². The van der Waals surface area contributed by atoms with E-state index < -0.39 is 5.97 Å². The van der Waals surface area contributed by atoms with E-state index in [9.17, 15) is 4.79 Å². The van der Waals surface area contributed by atoms with E-state index in [1.54, 1.807) is 11.3 Å². The second kappa shape index (κ2) is 3.35. The van der Waals surface area contributed by atoms with Crippen LogP contribution in [-0.4, -0.2) is 11.1 Å². The molecule has 1 aromatic rings. The maximum absolute atomic E-state index is 10.7. The number of aliphatic carboxylic acids is 1. The normalized spacial score (nSPS) is 18.1. The summed E-state index contributed by atoms with van der Waals surface area (Å²) in [6.45, 7) is 2.05. The van der Waals surface area contributed by atoms with Crippen LogP contribution in [0.25, 0.3) is 0 Å². The molecule has 0 bridgehead atoms. The van der Waals surface area contributed by atoms with E-state index in [2.05, 4.69) is 28.9 Å². The molecule has 0 aliphatic heterocycles. The molecular formula is C10H11BrO2S. The van der Waals surface area contributed by atoms with Gasteiger partial charge in [-0.05, 0) is 41.8 Å². The predicted molar refractivity (Wildman–Crippen MR) is 59.9 cm³/mol. The molecule has 1 aromatic heterocycles. The summed E-state index contributed by atoms with van der Waals surface area (Å²) in [6, 6.07) is 2.07. The average molecular weight is 275 g/mol. The maximum atomic E-state index is 10.7. The zero-order chi connectivity index (χ0) is 10.3. The first-order valence-electron chi connectivity index (χ1n) is 4.52. The zero-order valence-corrected chi connectivity index (χ0v) is 10.2. The Hall–Kier alpha value is -0.350. The van der Waals surface area contributed by atoms with Crippen molar-refractivity contribution in [3.8, 4) is 0 Å². The molecule has 1 fully saturated rings. The van der Waals surface area contributed by atoms with Crippen LogP contribution in [0.3, 0.4) is 0 Å². The number of hydrogen-bond donors (Lipinski definition) is 1. The van der Waals surface area contributed by atoms with Gasteiger partial charge >= 0.3 is 5.97 Å². The summed E-state index contributed by atoms with van der Waals surface area (Å²) < 4.78 is 1.08. The lowest BCUT2D eigenvalue weighted by molar-refractivity contribution is -0.137. The highest BCUT2D eigenvalue weighted by Crippen LogP contribution is 2.55. The monoisotopic (exact) mass is 274 g/mol. The molecule has 1 saturated carbocycles. The van der Waals surface area contributed by atoms with Gasteiger partial charge in [-0.1, -0.05) is 0 Å². The van der Waals surface area contributed by atoms with Crippen molar-refractivity contribution in [1.29, 1.82) is 0 Å². The van der Waals surface area contributed by atoms with Gasteiger partial charge in [-0.25, -0.2) is 0 Å². The van der Waals surface area contributed by atoms with Crippen molar-refractivity contribution >= 4 is 33.2 Å². The number of carbonyl (C=O) groups is 1. The third-order valence-electron chi connectivity index (χ3n) is 2.63. The molecule has 0 atom stereocenters. The highest BCUT2D eigenvalue weighted by atomic mass is 79.9. The van der Waals surface area contributed by atoms with Crippen molar-refractivity contribution in [3.63, 3.8) is 0 Å². The van der Waals surface area contributed by atoms with E-state index in [0.29, 0.717) is 0 Å². The lowest BCUT2D eigenvalue weighted by Crippen LogP contribution is -2.11. The van der Waals surface area contributed by atoms with Gasteiger partial charge in [0.1, 0.15) is 0 Å². The summed E-state index contributed by atoms with van der Waals surface area (Å²) in [7, 11) is 0. The first-order chi connectivity index (χ1) is 6.53. The second-order valence-electron chi connectivity index (χ2n) is 3.88. The van der Waals surface area contributed by atoms with Gasteiger partial charge in [0.2, 0.25) is 0 Å². The van der Waals surface area contributed by atoms with Crippen LogP contribution in [0, 0.1) is 6.92 Å². The number of thiophene rings is 1. The molecule has 1 aliphatic carbocycles. The molecule has 0 unspecified atom stereocenters. The van der Waals surface area contributed by atoms with Gasteiger partial charge in [-0.2, -0.15) is 0 Å². The van der Waals surface area contributed by atoms with Gasteiger partial charge in [-0.15, -0.1) is 11.3 Å². The van der Waals surface area contributed by atoms with Crippen molar-refractivity contribution < 1.29 is 9.90 Å². The van der Waals surface area contributed by atoms with Crippen molar-refractivity contribution in [1.82, 2.24) is 0 Å². The fourth-order valence-corrected chi connectivity index (χ4v) is 4.08. The maximum Gasteiger partial charge on any atom is 0.304 e. The van der Waals surface area contributed by atoms with Crippen LogP contribution in [-0.2, 0) is 10.2 Å². The molecule has 1 aliphatic rings. The Morgan fingerprint density at radius 2 is 2.36 bits per heavy atom. The predicted octanol–water partition coefficient (Wildman–Crippen LogP) is 3.33. The molecule has 1 heterocycles. The molecule has 14 heavy (non-hydrogen) atoms. The minimum Gasteiger partial charge on any atom is -0.481 e. The number of aryl methyl sites for hydroxylation is 1. The number of halogens is 1. The Morgan fingerprint density at radius 3 is 2.71 bits per heavy atom. The van der Waals surface area contributed by atoms with Crippen molar-refractivity contribution in [2.24, 2.45) is 0 Å². The fraction of sp³-hybridized carbons (Fsp3) is 0.500. The summed E-state index contributed by atoms with van der Waals surface area (Å²) >= 11 is 5.22. The highest BCUT2D eigenvalue weighted by molar-refractivity contribution is 9.10. The van der Waals surface area contributed by atoms with Crippen LogP contribution in [0.4, 0.5) is 0 Å². The Bertz CT molecular complexity index is 379. The lowest BCUT2D eigenvalue weighted by Gasteiger charge is -2.10. The van der Waals surface area contributed by atoms with Crippen LogP contribution >= 0.6 is 27.3 Å². The quantitative estimate of drug-likeness (QED) is 0.918. The summed E-state index contributed by atoms with van der Waals surface area (Å²) in [5.41, 5.74) is -0.0520. The molecule has 4 heteroatoms. The molecule has 0 radical (unpaired) electrons. The van der Waals surface area contributed by atoms with Crippen LogP contribution in [0.2, 0.25) is 0 Å². The van der Waals surface area contributed by atoms with Gasteiger partial charge in [0.25, 0.3) is 0 Å². The molecule has 2 rings (SSSR count). The smallest absolute Gasteiger partial charge is 0.304 e. The Balaban J connectivity index is 2.30. The average Bonchev–Trinajstić information content (AvgIpc) is 2.72. The molecule has 0 spiro atoms. The van der Waals surface area contributed by atoms with E-state index in [4.69, 9.17) is 5.11 Å².